The maximum Gasteiger partial charge on any atom is 0.255 e. The molecule has 1 aliphatic heterocycles. The first-order valence-electron chi connectivity index (χ1n) is 7.60. The molecule has 1 aliphatic rings. The van der Waals surface area contributed by atoms with E-state index in [1.54, 1.807) is 11.0 Å². The largest absolute Gasteiger partial charge is 0.338 e. The molecular weight excluding hydrogens is 350 g/mol. The summed E-state index contributed by atoms with van der Waals surface area (Å²) in [5, 5.41) is -0.120. The highest BCUT2D eigenvalue weighted by molar-refractivity contribution is 6.34. The quantitative estimate of drug-likeness (QED) is 0.897. The van der Waals surface area contributed by atoms with Crippen LogP contribution in [0.3, 0.4) is 0 Å². The Labute approximate surface area is 152 Å². The normalized spacial score (nSPS) is 19.9. The third kappa shape index (κ3) is 3.56. The maximum atomic E-state index is 13.6. The van der Waals surface area contributed by atoms with Gasteiger partial charge in [-0.05, 0) is 30.2 Å². The highest BCUT2D eigenvalue weighted by atomic mass is 35.5. The summed E-state index contributed by atoms with van der Waals surface area (Å²) in [6, 6.07) is 14.3. The Kier molecular flexibility index (Phi) is 6.21. The molecule has 2 N–H and O–H groups in total. The number of halogens is 3. The summed E-state index contributed by atoms with van der Waals surface area (Å²) in [5.41, 5.74) is 7.27. The molecule has 1 fully saturated rings. The van der Waals surface area contributed by atoms with E-state index in [1.165, 1.54) is 17.7 Å². The molecule has 24 heavy (non-hydrogen) atoms. The van der Waals surface area contributed by atoms with Gasteiger partial charge in [0.25, 0.3) is 5.91 Å². The molecule has 1 heterocycles. The van der Waals surface area contributed by atoms with E-state index in [1.807, 2.05) is 18.2 Å². The minimum atomic E-state index is -0.577. The van der Waals surface area contributed by atoms with Gasteiger partial charge in [-0.3, -0.25) is 4.79 Å². The van der Waals surface area contributed by atoms with Crippen molar-refractivity contribution < 1.29 is 9.18 Å². The summed E-state index contributed by atoms with van der Waals surface area (Å²) in [7, 11) is 0. The molecule has 0 aliphatic carbocycles. The van der Waals surface area contributed by atoms with Crippen molar-refractivity contribution in [3.63, 3.8) is 0 Å². The van der Waals surface area contributed by atoms with Gasteiger partial charge >= 0.3 is 0 Å². The van der Waals surface area contributed by atoms with Gasteiger partial charge in [0.05, 0.1) is 10.6 Å². The van der Waals surface area contributed by atoms with Crippen LogP contribution in [0, 0.1) is 11.7 Å². The van der Waals surface area contributed by atoms with E-state index in [-0.39, 0.29) is 40.7 Å². The SMILES string of the molecule is Cl.NC[C@@H]1CN(C(=O)c2cccc(F)c2Cl)C[C@H]1c1ccccc1. The average Bonchev–Trinajstić information content (AvgIpc) is 3.02. The van der Waals surface area contributed by atoms with Crippen molar-refractivity contribution in [3.05, 3.63) is 70.5 Å². The Bertz CT molecular complexity index is 711. The second-order valence-corrected chi connectivity index (χ2v) is 6.20. The van der Waals surface area contributed by atoms with E-state index in [2.05, 4.69) is 12.1 Å². The van der Waals surface area contributed by atoms with Crippen LogP contribution in [0.4, 0.5) is 4.39 Å². The first-order valence-corrected chi connectivity index (χ1v) is 7.98. The second kappa shape index (κ2) is 7.97. The molecule has 1 saturated heterocycles. The molecule has 0 aromatic heterocycles. The van der Waals surface area contributed by atoms with Crippen LogP contribution in [0.1, 0.15) is 21.8 Å². The van der Waals surface area contributed by atoms with Crippen LogP contribution in [0.5, 0.6) is 0 Å². The van der Waals surface area contributed by atoms with E-state index in [0.717, 1.165) is 0 Å². The zero-order chi connectivity index (χ0) is 16.4. The van der Waals surface area contributed by atoms with Crippen LogP contribution in [-0.4, -0.2) is 30.4 Å². The number of amides is 1. The first-order chi connectivity index (χ1) is 11.1. The molecule has 3 nitrogen and oxygen atoms in total. The zero-order valence-corrected chi connectivity index (χ0v) is 14.6. The van der Waals surface area contributed by atoms with Crippen molar-refractivity contribution in [2.24, 2.45) is 11.7 Å². The van der Waals surface area contributed by atoms with Crippen molar-refractivity contribution in [1.29, 1.82) is 0 Å². The molecular formula is C18H19Cl2FN2O. The van der Waals surface area contributed by atoms with Gasteiger partial charge in [0, 0.05) is 19.0 Å². The maximum absolute atomic E-state index is 13.6. The lowest BCUT2D eigenvalue weighted by Crippen LogP contribution is -2.30. The molecule has 3 rings (SSSR count). The Morgan fingerprint density at radius 3 is 2.54 bits per heavy atom. The second-order valence-electron chi connectivity index (χ2n) is 5.82. The summed E-state index contributed by atoms with van der Waals surface area (Å²) in [4.78, 5) is 14.4. The number of likely N-dealkylation sites (tertiary alicyclic amines) is 1. The number of carbonyl (C=O) groups excluding carboxylic acids is 1. The van der Waals surface area contributed by atoms with Crippen LogP contribution in [0.25, 0.3) is 0 Å². The molecule has 2 aromatic carbocycles. The highest BCUT2D eigenvalue weighted by Crippen LogP contribution is 2.33. The first kappa shape index (κ1) is 18.7. The fourth-order valence-corrected chi connectivity index (χ4v) is 3.40. The zero-order valence-electron chi connectivity index (χ0n) is 13.0. The Morgan fingerprint density at radius 2 is 1.88 bits per heavy atom. The fourth-order valence-electron chi connectivity index (χ4n) is 3.19. The number of nitrogens with zero attached hydrogens (tertiary/aromatic N) is 1. The van der Waals surface area contributed by atoms with Gasteiger partial charge in [0.1, 0.15) is 5.82 Å². The van der Waals surface area contributed by atoms with Crippen LogP contribution >= 0.6 is 24.0 Å². The third-order valence-electron chi connectivity index (χ3n) is 4.44. The molecule has 0 saturated carbocycles. The van der Waals surface area contributed by atoms with E-state index < -0.39 is 5.82 Å². The Balaban J connectivity index is 0.00000208. The molecule has 0 spiro atoms. The lowest BCUT2D eigenvalue weighted by atomic mass is 9.89. The molecule has 1 amide bonds. The molecule has 128 valence electrons. The minimum Gasteiger partial charge on any atom is -0.338 e. The smallest absolute Gasteiger partial charge is 0.255 e. The van der Waals surface area contributed by atoms with E-state index in [0.29, 0.717) is 19.6 Å². The van der Waals surface area contributed by atoms with Crippen LogP contribution in [0.15, 0.2) is 48.5 Å². The lowest BCUT2D eigenvalue weighted by molar-refractivity contribution is 0.0786. The number of nitrogens with two attached hydrogens (primary N) is 1. The predicted molar refractivity (Wildman–Crippen MR) is 96.3 cm³/mol. The Hall–Kier alpha value is -1.62. The van der Waals surface area contributed by atoms with Gasteiger partial charge in [0.2, 0.25) is 0 Å². The third-order valence-corrected chi connectivity index (χ3v) is 4.82. The molecule has 6 heteroatoms. The minimum absolute atomic E-state index is 0. The Morgan fingerprint density at radius 1 is 1.17 bits per heavy atom. The molecule has 2 aromatic rings. The highest BCUT2D eigenvalue weighted by Gasteiger charge is 2.36. The number of hydrogen-bond acceptors (Lipinski definition) is 2. The fraction of sp³-hybridized carbons (Fsp3) is 0.278. The van der Waals surface area contributed by atoms with Gasteiger partial charge in [-0.25, -0.2) is 4.39 Å². The van der Waals surface area contributed by atoms with E-state index >= 15 is 0 Å². The van der Waals surface area contributed by atoms with Crippen molar-refractivity contribution >= 4 is 29.9 Å². The van der Waals surface area contributed by atoms with Crippen molar-refractivity contribution in [2.75, 3.05) is 19.6 Å². The molecule has 0 radical (unpaired) electrons. The summed E-state index contributed by atoms with van der Waals surface area (Å²) in [6.07, 6.45) is 0. The van der Waals surface area contributed by atoms with Crippen molar-refractivity contribution in [3.8, 4) is 0 Å². The van der Waals surface area contributed by atoms with Crippen molar-refractivity contribution in [1.82, 2.24) is 4.90 Å². The van der Waals surface area contributed by atoms with Crippen LogP contribution in [0.2, 0.25) is 5.02 Å². The average molecular weight is 369 g/mol. The van der Waals surface area contributed by atoms with Gasteiger partial charge in [-0.1, -0.05) is 48.0 Å². The van der Waals surface area contributed by atoms with Crippen molar-refractivity contribution in [2.45, 2.75) is 5.92 Å². The standard InChI is InChI=1S/C18H18ClFN2O.ClH/c19-17-14(7-4-8-16(17)20)18(23)22-10-13(9-21)15(11-22)12-5-2-1-3-6-12;/h1-8,13,15H,9-11,21H2;1H/t13-,15+;/m1./s1. The summed E-state index contributed by atoms with van der Waals surface area (Å²) < 4.78 is 13.6. The molecule has 0 bridgehead atoms. The van der Waals surface area contributed by atoms with E-state index in [4.69, 9.17) is 17.3 Å². The number of rotatable bonds is 3. The summed E-state index contributed by atoms with van der Waals surface area (Å²) >= 11 is 5.94. The number of carbonyl (C=O) groups is 1. The van der Waals surface area contributed by atoms with E-state index in [9.17, 15) is 9.18 Å². The predicted octanol–water partition coefficient (Wildman–Crippen LogP) is 3.72. The monoisotopic (exact) mass is 368 g/mol. The molecule has 2 atom stereocenters. The molecule has 0 unspecified atom stereocenters. The summed E-state index contributed by atoms with van der Waals surface area (Å²) in [6.45, 7) is 1.62. The van der Waals surface area contributed by atoms with Gasteiger partial charge in [-0.15, -0.1) is 12.4 Å². The van der Waals surface area contributed by atoms with Gasteiger partial charge in [0.15, 0.2) is 0 Å². The lowest BCUT2D eigenvalue weighted by Gasteiger charge is -2.17. The topological polar surface area (TPSA) is 46.3 Å². The summed E-state index contributed by atoms with van der Waals surface area (Å²) in [5.74, 6) is -0.441. The number of benzene rings is 2. The van der Waals surface area contributed by atoms with Gasteiger partial charge in [-0.2, -0.15) is 0 Å². The van der Waals surface area contributed by atoms with Crippen LogP contribution < -0.4 is 5.73 Å². The number of hydrogen-bond donors (Lipinski definition) is 1. The van der Waals surface area contributed by atoms with Crippen LogP contribution in [-0.2, 0) is 0 Å². The van der Waals surface area contributed by atoms with Gasteiger partial charge < -0.3 is 10.6 Å².